The fraction of sp³-hybridized carbons (Fsp3) is 0.833. The Morgan fingerprint density at radius 2 is 2.08 bits per heavy atom. The Morgan fingerprint density at radius 3 is 2.46 bits per heavy atom. The van der Waals surface area contributed by atoms with Gasteiger partial charge in [-0.1, -0.05) is 0 Å². The molecule has 78 valence electrons. The smallest absolute Gasteiger partial charge is 0.307 e. The first kappa shape index (κ1) is 12.3. The van der Waals surface area contributed by atoms with Crippen molar-refractivity contribution in [2.75, 3.05) is 20.2 Å². The Hall–Kier alpha value is -0.660. The first-order valence-electron chi connectivity index (χ1n) is 3.77. The summed E-state index contributed by atoms with van der Waals surface area (Å²) in [5, 5.41) is 4.79. The van der Waals surface area contributed by atoms with Crippen molar-refractivity contribution in [1.29, 1.82) is 0 Å². The van der Waals surface area contributed by atoms with Gasteiger partial charge >= 0.3 is 5.97 Å². The van der Waals surface area contributed by atoms with Gasteiger partial charge in [0.05, 0.1) is 13.0 Å². The molecule has 0 aromatic rings. The molecular formula is C6H14N2O4S. The molecule has 0 aromatic heterocycles. The van der Waals surface area contributed by atoms with Crippen LogP contribution in [0.15, 0.2) is 0 Å². The predicted octanol–water partition coefficient (Wildman–Crippen LogP) is -0.925. The van der Waals surface area contributed by atoms with Crippen LogP contribution in [-0.2, 0) is 19.7 Å². The molecule has 0 aromatic carbocycles. The van der Waals surface area contributed by atoms with Crippen LogP contribution in [-0.4, -0.2) is 38.9 Å². The maximum Gasteiger partial charge on any atom is 0.307 e. The lowest BCUT2D eigenvalue weighted by atomic mass is 10.4. The van der Waals surface area contributed by atoms with Gasteiger partial charge in [0.15, 0.2) is 0 Å². The van der Waals surface area contributed by atoms with Crippen LogP contribution in [0.5, 0.6) is 0 Å². The Labute approximate surface area is 77.8 Å². The fourth-order valence-electron chi connectivity index (χ4n) is 0.609. The van der Waals surface area contributed by atoms with Gasteiger partial charge in [0, 0.05) is 13.6 Å². The van der Waals surface area contributed by atoms with Gasteiger partial charge in [0.1, 0.15) is 0 Å². The molecule has 0 amide bonds. The van der Waals surface area contributed by atoms with E-state index in [1.807, 2.05) is 0 Å². The minimum atomic E-state index is -3.69. The highest BCUT2D eigenvalue weighted by Gasteiger charge is 2.13. The fourth-order valence-corrected chi connectivity index (χ4v) is 0.955. The van der Waals surface area contributed by atoms with E-state index in [-0.39, 0.29) is 19.6 Å². The largest absolute Gasteiger partial charge is 0.466 e. The molecule has 0 aliphatic rings. The van der Waals surface area contributed by atoms with Crippen molar-refractivity contribution in [2.45, 2.75) is 13.3 Å². The van der Waals surface area contributed by atoms with Gasteiger partial charge in [0.2, 0.25) is 0 Å². The first-order valence-corrected chi connectivity index (χ1v) is 5.28. The summed E-state index contributed by atoms with van der Waals surface area (Å²) in [7, 11) is -2.39. The molecule has 0 fully saturated rings. The summed E-state index contributed by atoms with van der Waals surface area (Å²) in [6.07, 6.45) is 0.0147. The molecule has 0 saturated carbocycles. The molecule has 0 rings (SSSR count). The molecule has 0 unspecified atom stereocenters. The molecule has 0 bridgehead atoms. The lowest BCUT2D eigenvalue weighted by molar-refractivity contribution is -0.143. The monoisotopic (exact) mass is 210 g/mol. The second-order valence-electron chi connectivity index (χ2n) is 2.42. The minimum absolute atomic E-state index is 0.0147. The molecular weight excluding hydrogens is 196 g/mol. The van der Waals surface area contributed by atoms with E-state index in [0.29, 0.717) is 0 Å². The van der Waals surface area contributed by atoms with Crippen LogP contribution in [0.4, 0.5) is 0 Å². The molecule has 0 aliphatic carbocycles. The van der Waals surface area contributed by atoms with Crippen molar-refractivity contribution < 1.29 is 17.9 Å². The summed E-state index contributed by atoms with van der Waals surface area (Å²) in [4.78, 5) is 10.8. The highest BCUT2D eigenvalue weighted by Crippen LogP contribution is 1.94. The van der Waals surface area contributed by atoms with E-state index in [1.54, 1.807) is 6.92 Å². The van der Waals surface area contributed by atoms with Crippen molar-refractivity contribution in [3.05, 3.63) is 0 Å². The van der Waals surface area contributed by atoms with Crippen LogP contribution in [0.2, 0.25) is 0 Å². The normalized spacial score (nSPS) is 11.7. The predicted molar refractivity (Wildman–Crippen MR) is 47.0 cm³/mol. The number of esters is 1. The Kier molecular flexibility index (Phi) is 4.89. The van der Waals surface area contributed by atoms with Crippen molar-refractivity contribution in [3.63, 3.8) is 0 Å². The van der Waals surface area contributed by atoms with Crippen molar-refractivity contribution in [2.24, 2.45) is 5.14 Å². The lowest BCUT2D eigenvalue weighted by Crippen LogP contribution is -2.34. The number of carbonyl (C=O) groups is 1. The zero-order valence-electron chi connectivity index (χ0n) is 7.69. The maximum atomic E-state index is 10.8. The molecule has 7 heteroatoms. The van der Waals surface area contributed by atoms with Crippen LogP contribution < -0.4 is 5.14 Å². The highest BCUT2D eigenvalue weighted by molar-refractivity contribution is 7.86. The van der Waals surface area contributed by atoms with Gasteiger partial charge in [-0.05, 0) is 6.92 Å². The topological polar surface area (TPSA) is 89.7 Å². The minimum Gasteiger partial charge on any atom is -0.466 e. The highest BCUT2D eigenvalue weighted by atomic mass is 32.2. The van der Waals surface area contributed by atoms with Gasteiger partial charge in [0.25, 0.3) is 10.2 Å². The number of carbonyl (C=O) groups excluding carboxylic acids is 1. The average Bonchev–Trinajstić information content (AvgIpc) is 1.99. The zero-order chi connectivity index (χ0) is 10.5. The van der Waals surface area contributed by atoms with E-state index in [2.05, 4.69) is 4.74 Å². The number of ether oxygens (including phenoxy) is 1. The van der Waals surface area contributed by atoms with Gasteiger partial charge in [-0.15, -0.1) is 0 Å². The summed E-state index contributed by atoms with van der Waals surface area (Å²) < 4.78 is 26.8. The van der Waals surface area contributed by atoms with Gasteiger partial charge in [-0.2, -0.15) is 12.7 Å². The average molecular weight is 210 g/mol. The summed E-state index contributed by atoms with van der Waals surface area (Å²) in [6.45, 7) is 2.01. The van der Waals surface area contributed by atoms with E-state index in [1.165, 1.54) is 7.05 Å². The SMILES string of the molecule is CCOC(=O)CCN(C)S(N)(=O)=O. The lowest BCUT2D eigenvalue weighted by Gasteiger charge is -2.12. The number of hydrogen-bond acceptors (Lipinski definition) is 4. The Bertz CT molecular complexity index is 262. The number of rotatable bonds is 5. The van der Waals surface area contributed by atoms with Gasteiger partial charge in [-0.25, -0.2) is 5.14 Å². The van der Waals surface area contributed by atoms with Crippen LogP contribution in [0.25, 0.3) is 0 Å². The van der Waals surface area contributed by atoms with E-state index < -0.39 is 16.2 Å². The van der Waals surface area contributed by atoms with E-state index in [9.17, 15) is 13.2 Å². The second kappa shape index (κ2) is 5.15. The Balaban J connectivity index is 3.84. The molecule has 0 spiro atoms. The molecule has 0 aliphatic heterocycles. The molecule has 0 saturated heterocycles. The third-order valence-corrected chi connectivity index (χ3v) is 2.42. The van der Waals surface area contributed by atoms with Crippen LogP contribution in [0.3, 0.4) is 0 Å². The molecule has 2 N–H and O–H groups in total. The van der Waals surface area contributed by atoms with Crippen molar-refractivity contribution >= 4 is 16.2 Å². The first-order chi connectivity index (χ1) is 5.88. The van der Waals surface area contributed by atoms with E-state index >= 15 is 0 Å². The number of nitrogens with zero attached hydrogens (tertiary/aromatic N) is 1. The number of hydrogen-bond donors (Lipinski definition) is 1. The van der Waals surface area contributed by atoms with Crippen molar-refractivity contribution in [1.82, 2.24) is 4.31 Å². The van der Waals surface area contributed by atoms with Crippen LogP contribution in [0, 0.1) is 0 Å². The standard InChI is InChI=1S/C6H14N2O4S/c1-3-12-6(9)4-5-8(2)13(7,10)11/h3-5H2,1-2H3,(H2,7,10,11). The molecule has 0 heterocycles. The van der Waals surface area contributed by atoms with E-state index in [0.717, 1.165) is 4.31 Å². The van der Waals surface area contributed by atoms with Crippen molar-refractivity contribution in [3.8, 4) is 0 Å². The molecule has 0 radical (unpaired) electrons. The summed E-state index contributed by atoms with van der Waals surface area (Å²) in [6, 6.07) is 0. The Morgan fingerprint density at radius 1 is 1.54 bits per heavy atom. The van der Waals surface area contributed by atoms with Crippen LogP contribution >= 0.6 is 0 Å². The van der Waals surface area contributed by atoms with Gasteiger partial charge < -0.3 is 4.74 Å². The zero-order valence-corrected chi connectivity index (χ0v) is 8.50. The van der Waals surface area contributed by atoms with Gasteiger partial charge in [-0.3, -0.25) is 4.79 Å². The molecule has 6 nitrogen and oxygen atoms in total. The third-order valence-electron chi connectivity index (χ3n) is 1.37. The molecule has 0 atom stereocenters. The quantitative estimate of drug-likeness (QED) is 0.594. The van der Waals surface area contributed by atoms with E-state index in [4.69, 9.17) is 5.14 Å². The summed E-state index contributed by atoms with van der Waals surface area (Å²) in [5.41, 5.74) is 0. The third kappa shape index (κ3) is 5.56. The maximum absolute atomic E-state index is 10.8. The summed E-state index contributed by atoms with van der Waals surface area (Å²) in [5.74, 6) is -0.432. The molecule has 13 heavy (non-hydrogen) atoms. The van der Waals surface area contributed by atoms with Crippen LogP contribution in [0.1, 0.15) is 13.3 Å². The summed E-state index contributed by atoms with van der Waals surface area (Å²) >= 11 is 0. The second-order valence-corrected chi connectivity index (χ2v) is 4.07. The number of nitrogens with two attached hydrogens (primary N) is 1.